The molecule has 2 aromatic heterocycles. The van der Waals surface area contributed by atoms with Gasteiger partial charge in [0.25, 0.3) is 5.92 Å². The van der Waals surface area contributed by atoms with Crippen LogP contribution in [0.1, 0.15) is 19.3 Å². The smallest absolute Gasteiger partial charge is 0.251 e. The minimum atomic E-state index is -2.67. The fourth-order valence-corrected chi connectivity index (χ4v) is 3.04. The topological polar surface area (TPSA) is 83.9 Å². The van der Waals surface area contributed by atoms with E-state index in [1.165, 1.54) is 0 Å². The van der Waals surface area contributed by atoms with E-state index in [1.54, 1.807) is 36.7 Å². The Kier molecular flexibility index (Phi) is 4.02. The third kappa shape index (κ3) is 3.35. The summed E-state index contributed by atoms with van der Waals surface area (Å²) in [5, 5.41) is 24.9. The first kappa shape index (κ1) is 16.4. The molecule has 1 saturated carbocycles. The number of alkyl halides is 2. The molecule has 1 atom stereocenters. The van der Waals surface area contributed by atoms with Gasteiger partial charge in [-0.1, -0.05) is 6.07 Å². The Labute approximate surface area is 147 Å². The lowest BCUT2D eigenvalue weighted by molar-refractivity contribution is -0.00145. The largest absolute Gasteiger partial charge is 0.507 e. The summed E-state index contributed by atoms with van der Waals surface area (Å²) in [5.74, 6) is -2.41. The Bertz CT molecular complexity index is 898. The molecule has 26 heavy (non-hydrogen) atoms. The molecule has 1 fully saturated rings. The van der Waals surface area contributed by atoms with Crippen LogP contribution in [0.25, 0.3) is 22.4 Å². The van der Waals surface area contributed by atoms with Crippen molar-refractivity contribution >= 4 is 0 Å². The molecule has 0 aliphatic heterocycles. The van der Waals surface area contributed by atoms with Gasteiger partial charge in [0.15, 0.2) is 0 Å². The summed E-state index contributed by atoms with van der Waals surface area (Å²) in [5.41, 5.74) is 2.65. The Morgan fingerprint density at radius 1 is 1.15 bits per heavy atom. The Balaban J connectivity index is 1.50. The van der Waals surface area contributed by atoms with E-state index in [4.69, 9.17) is 4.74 Å². The summed E-state index contributed by atoms with van der Waals surface area (Å²) < 4.78 is 31.9. The first-order valence-corrected chi connectivity index (χ1v) is 8.21. The highest BCUT2D eigenvalue weighted by molar-refractivity contribution is 5.73. The van der Waals surface area contributed by atoms with Crippen LogP contribution in [-0.2, 0) is 0 Å². The summed E-state index contributed by atoms with van der Waals surface area (Å²) in [4.78, 5) is 0. The van der Waals surface area contributed by atoms with Crippen molar-refractivity contribution in [3.8, 4) is 34.0 Å². The molecule has 2 heterocycles. The lowest BCUT2D eigenvalue weighted by atomic mass is 10.0. The van der Waals surface area contributed by atoms with Gasteiger partial charge in [-0.2, -0.15) is 5.10 Å². The zero-order valence-electron chi connectivity index (χ0n) is 13.7. The fraction of sp³-hybridized carbons (Fsp3) is 0.278. The standard InChI is InChI=1S/C18H16F2N4O2/c19-18(20)6-5-13(8-18)26-17-4-3-15(23-24-17)14-2-1-11(7-16(14)25)12-9-21-22-10-12/h1-4,7,9-10,13,25H,5-6,8H2,(H,21,22)/t13-/m0/s1. The predicted octanol–water partition coefficient (Wildman–Crippen LogP) is 3.81. The number of hydrogen-bond donors (Lipinski definition) is 2. The number of phenolic OH excluding ortho intramolecular Hbond substituents is 1. The summed E-state index contributed by atoms with van der Waals surface area (Å²) in [6, 6.07) is 8.41. The number of phenols is 1. The molecule has 6 nitrogen and oxygen atoms in total. The lowest BCUT2D eigenvalue weighted by Gasteiger charge is -2.12. The number of aromatic hydroxyl groups is 1. The normalized spacial score (nSPS) is 18.8. The maximum absolute atomic E-state index is 13.2. The molecule has 2 N–H and O–H groups in total. The molecule has 0 saturated heterocycles. The Morgan fingerprint density at radius 3 is 2.65 bits per heavy atom. The third-order valence-corrected chi connectivity index (χ3v) is 4.39. The van der Waals surface area contributed by atoms with Crippen molar-refractivity contribution in [2.45, 2.75) is 31.3 Å². The van der Waals surface area contributed by atoms with Crippen molar-refractivity contribution in [2.24, 2.45) is 0 Å². The van der Waals surface area contributed by atoms with E-state index in [0.717, 1.165) is 11.1 Å². The first-order valence-electron chi connectivity index (χ1n) is 8.21. The van der Waals surface area contributed by atoms with Crippen molar-refractivity contribution in [1.29, 1.82) is 0 Å². The monoisotopic (exact) mass is 358 g/mol. The number of H-pyrrole nitrogens is 1. The molecule has 0 spiro atoms. The zero-order valence-corrected chi connectivity index (χ0v) is 13.7. The van der Waals surface area contributed by atoms with Gasteiger partial charge in [0.05, 0.1) is 11.9 Å². The number of nitrogens with zero attached hydrogens (tertiary/aromatic N) is 3. The highest BCUT2D eigenvalue weighted by Crippen LogP contribution is 2.37. The van der Waals surface area contributed by atoms with Crippen molar-refractivity contribution in [3.63, 3.8) is 0 Å². The number of ether oxygens (including phenoxy) is 1. The van der Waals surface area contributed by atoms with Crippen molar-refractivity contribution < 1.29 is 18.6 Å². The average Bonchev–Trinajstić information content (AvgIpc) is 3.25. The number of halogens is 2. The van der Waals surface area contributed by atoms with E-state index in [9.17, 15) is 13.9 Å². The molecular weight excluding hydrogens is 342 g/mol. The van der Waals surface area contributed by atoms with Gasteiger partial charge in [-0.3, -0.25) is 5.10 Å². The number of benzene rings is 1. The maximum Gasteiger partial charge on any atom is 0.251 e. The van der Waals surface area contributed by atoms with Crippen LogP contribution in [0.5, 0.6) is 11.6 Å². The molecule has 4 rings (SSSR count). The van der Waals surface area contributed by atoms with Gasteiger partial charge in [-0.25, -0.2) is 8.78 Å². The van der Waals surface area contributed by atoms with Gasteiger partial charge in [0.1, 0.15) is 11.9 Å². The second-order valence-corrected chi connectivity index (χ2v) is 6.31. The molecule has 3 aromatic rings. The number of rotatable bonds is 4. The molecule has 0 unspecified atom stereocenters. The van der Waals surface area contributed by atoms with E-state index < -0.39 is 12.0 Å². The highest BCUT2D eigenvalue weighted by Gasteiger charge is 2.40. The molecule has 1 aliphatic rings. The average molecular weight is 358 g/mol. The Hall–Kier alpha value is -3.03. The van der Waals surface area contributed by atoms with E-state index >= 15 is 0 Å². The highest BCUT2D eigenvalue weighted by atomic mass is 19.3. The van der Waals surface area contributed by atoms with Gasteiger partial charge in [0.2, 0.25) is 5.88 Å². The second kappa shape index (κ2) is 6.36. The molecule has 0 bridgehead atoms. The van der Waals surface area contributed by atoms with Crippen molar-refractivity contribution in [2.75, 3.05) is 0 Å². The fourth-order valence-electron chi connectivity index (χ4n) is 3.04. The SMILES string of the molecule is Oc1cc(-c2cn[nH]c2)ccc1-c1ccc(O[C@H]2CCC(F)(F)C2)nn1. The number of nitrogens with one attached hydrogen (secondary N) is 1. The molecule has 1 aromatic carbocycles. The van der Waals surface area contributed by atoms with E-state index in [2.05, 4.69) is 20.4 Å². The molecule has 0 amide bonds. The summed E-state index contributed by atoms with van der Waals surface area (Å²) in [7, 11) is 0. The quantitative estimate of drug-likeness (QED) is 0.741. The van der Waals surface area contributed by atoms with Crippen LogP contribution in [0.3, 0.4) is 0 Å². The summed E-state index contributed by atoms with van der Waals surface area (Å²) in [6.07, 6.45) is 2.67. The third-order valence-electron chi connectivity index (χ3n) is 4.39. The zero-order chi connectivity index (χ0) is 18.1. The summed E-state index contributed by atoms with van der Waals surface area (Å²) >= 11 is 0. The molecular formula is C18H16F2N4O2. The molecule has 0 radical (unpaired) electrons. The Morgan fingerprint density at radius 2 is 2.04 bits per heavy atom. The van der Waals surface area contributed by atoms with Crippen LogP contribution >= 0.6 is 0 Å². The van der Waals surface area contributed by atoms with E-state index in [-0.39, 0.29) is 24.5 Å². The minimum absolute atomic E-state index is 0.0575. The molecule has 134 valence electrons. The van der Waals surface area contributed by atoms with Crippen molar-refractivity contribution in [3.05, 3.63) is 42.7 Å². The first-order chi connectivity index (χ1) is 12.5. The maximum atomic E-state index is 13.2. The lowest BCUT2D eigenvalue weighted by Crippen LogP contribution is -2.17. The number of aromatic amines is 1. The van der Waals surface area contributed by atoms with Gasteiger partial charge in [-0.15, -0.1) is 10.2 Å². The van der Waals surface area contributed by atoms with Gasteiger partial charge < -0.3 is 9.84 Å². The van der Waals surface area contributed by atoms with Gasteiger partial charge >= 0.3 is 0 Å². The van der Waals surface area contributed by atoms with Crippen molar-refractivity contribution in [1.82, 2.24) is 20.4 Å². The second-order valence-electron chi connectivity index (χ2n) is 6.31. The van der Waals surface area contributed by atoms with Crippen LogP contribution in [-0.4, -0.2) is 37.5 Å². The van der Waals surface area contributed by atoms with Gasteiger partial charge in [-0.05, 0) is 30.2 Å². The molecule has 8 heteroatoms. The molecule has 1 aliphatic carbocycles. The van der Waals surface area contributed by atoms with Crippen LogP contribution in [0, 0.1) is 0 Å². The number of hydrogen-bond acceptors (Lipinski definition) is 5. The predicted molar refractivity (Wildman–Crippen MR) is 89.9 cm³/mol. The van der Waals surface area contributed by atoms with Crippen LogP contribution < -0.4 is 4.74 Å². The van der Waals surface area contributed by atoms with E-state index in [0.29, 0.717) is 17.7 Å². The summed E-state index contributed by atoms with van der Waals surface area (Å²) in [6.45, 7) is 0. The van der Waals surface area contributed by atoms with Gasteiger partial charge in [0, 0.05) is 36.2 Å². The minimum Gasteiger partial charge on any atom is -0.507 e. The number of aromatic nitrogens is 4. The van der Waals surface area contributed by atoms with Crippen LogP contribution in [0.15, 0.2) is 42.7 Å². The van der Waals surface area contributed by atoms with E-state index in [1.807, 2.05) is 6.07 Å². The van der Waals surface area contributed by atoms with Crippen LogP contribution in [0.4, 0.5) is 8.78 Å². The van der Waals surface area contributed by atoms with Crippen LogP contribution in [0.2, 0.25) is 0 Å².